The van der Waals surface area contributed by atoms with Gasteiger partial charge in [-0.15, -0.1) is 0 Å². The van der Waals surface area contributed by atoms with Crippen molar-refractivity contribution in [2.24, 2.45) is 0 Å². The molecule has 0 radical (unpaired) electrons. The van der Waals surface area contributed by atoms with Gasteiger partial charge >= 0.3 is 6.03 Å². The van der Waals surface area contributed by atoms with Crippen molar-refractivity contribution in [1.82, 2.24) is 10.6 Å². The largest absolute Gasteiger partial charge is 0.369 e. The summed E-state index contributed by atoms with van der Waals surface area (Å²) in [6.07, 6.45) is 0.351. The molecule has 6 heteroatoms. The summed E-state index contributed by atoms with van der Waals surface area (Å²) in [6.45, 7) is 4.32. The van der Waals surface area contributed by atoms with E-state index < -0.39 is 0 Å². The summed E-state index contributed by atoms with van der Waals surface area (Å²) in [4.78, 5) is 27.0. The quantitative estimate of drug-likeness (QED) is 0.826. The highest BCUT2D eigenvalue weighted by atomic mass is 16.2. The van der Waals surface area contributed by atoms with Gasteiger partial charge in [0.15, 0.2) is 0 Å². The fraction of sp³-hybridized carbons (Fsp3) is 0.429. The number of hydrogen-bond acceptors (Lipinski definition) is 4. The number of anilines is 2. The van der Waals surface area contributed by atoms with Gasteiger partial charge in [0.2, 0.25) is 5.91 Å². The predicted octanol–water partition coefficient (Wildman–Crippen LogP) is 0.542. The summed E-state index contributed by atoms with van der Waals surface area (Å²) in [6, 6.07) is 7.60. The minimum atomic E-state index is -0.335. The number of hydrogen-bond donors (Lipinski definition) is 2. The van der Waals surface area contributed by atoms with Crippen molar-refractivity contribution < 1.29 is 9.59 Å². The highest BCUT2D eigenvalue weighted by Gasteiger charge is 2.24. The Kier molecular flexibility index (Phi) is 3.56. The lowest BCUT2D eigenvalue weighted by atomic mass is 10.2. The van der Waals surface area contributed by atoms with Gasteiger partial charge in [-0.05, 0) is 18.2 Å². The number of imide groups is 1. The van der Waals surface area contributed by atoms with Crippen LogP contribution in [0.15, 0.2) is 24.3 Å². The SMILES string of the molecule is O=C1CCN(c2cccc(N3CCNCC3)c2)C(=O)N1. The van der Waals surface area contributed by atoms with Gasteiger partial charge < -0.3 is 10.2 Å². The molecular formula is C14H18N4O2. The first-order valence-corrected chi connectivity index (χ1v) is 6.91. The number of piperazine rings is 1. The summed E-state index contributed by atoms with van der Waals surface area (Å²) in [5.74, 6) is -0.204. The van der Waals surface area contributed by atoms with E-state index in [9.17, 15) is 9.59 Å². The third-order valence-corrected chi connectivity index (χ3v) is 3.68. The van der Waals surface area contributed by atoms with E-state index in [1.165, 1.54) is 0 Å². The zero-order valence-corrected chi connectivity index (χ0v) is 11.3. The molecule has 6 nitrogen and oxygen atoms in total. The van der Waals surface area contributed by atoms with E-state index in [0.29, 0.717) is 13.0 Å². The second-order valence-electron chi connectivity index (χ2n) is 5.01. The van der Waals surface area contributed by atoms with Crippen LogP contribution in [-0.2, 0) is 4.79 Å². The fourth-order valence-electron chi connectivity index (χ4n) is 2.59. The van der Waals surface area contributed by atoms with Crippen LogP contribution in [0.3, 0.4) is 0 Å². The molecule has 1 aromatic carbocycles. The van der Waals surface area contributed by atoms with Crippen LogP contribution in [0.1, 0.15) is 6.42 Å². The van der Waals surface area contributed by atoms with Gasteiger partial charge in [0.05, 0.1) is 0 Å². The van der Waals surface area contributed by atoms with Crippen LogP contribution in [0.25, 0.3) is 0 Å². The van der Waals surface area contributed by atoms with E-state index in [4.69, 9.17) is 0 Å². The molecule has 0 saturated carbocycles. The van der Waals surface area contributed by atoms with Crippen molar-refractivity contribution in [3.8, 4) is 0 Å². The van der Waals surface area contributed by atoms with Crippen LogP contribution in [0, 0.1) is 0 Å². The smallest absolute Gasteiger partial charge is 0.328 e. The molecule has 3 rings (SSSR count). The number of rotatable bonds is 2. The van der Waals surface area contributed by atoms with Crippen molar-refractivity contribution in [2.45, 2.75) is 6.42 Å². The van der Waals surface area contributed by atoms with Crippen molar-refractivity contribution >= 4 is 23.3 Å². The standard InChI is InChI=1S/C14H18N4O2/c19-13-4-7-18(14(20)16-13)12-3-1-2-11(10-12)17-8-5-15-6-9-17/h1-3,10,15H,4-9H2,(H,16,19,20). The van der Waals surface area contributed by atoms with Crippen molar-refractivity contribution in [3.63, 3.8) is 0 Å². The Hall–Kier alpha value is -2.08. The van der Waals surface area contributed by atoms with Crippen LogP contribution in [0.5, 0.6) is 0 Å². The molecular weight excluding hydrogens is 256 g/mol. The Morgan fingerprint density at radius 1 is 1.00 bits per heavy atom. The average Bonchev–Trinajstić information content (AvgIpc) is 2.48. The third-order valence-electron chi connectivity index (χ3n) is 3.68. The maximum absolute atomic E-state index is 11.9. The molecule has 1 aromatic rings. The Bertz CT molecular complexity index is 526. The number of amides is 3. The second-order valence-corrected chi connectivity index (χ2v) is 5.01. The lowest BCUT2D eigenvalue weighted by molar-refractivity contribution is -0.120. The molecule has 2 aliphatic heterocycles. The Morgan fingerprint density at radius 3 is 2.50 bits per heavy atom. The first kappa shape index (κ1) is 12.9. The molecule has 20 heavy (non-hydrogen) atoms. The first-order valence-electron chi connectivity index (χ1n) is 6.91. The predicted molar refractivity (Wildman–Crippen MR) is 77.0 cm³/mol. The van der Waals surface area contributed by atoms with Gasteiger partial charge in [0.1, 0.15) is 0 Å². The second kappa shape index (κ2) is 5.50. The molecule has 0 spiro atoms. The molecule has 0 bridgehead atoms. The van der Waals surface area contributed by atoms with E-state index in [2.05, 4.69) is 21.6 Å². The lowest BCUT2D eigenvalue weighted by Gasteiger charge is -2.31. The van der Waals surface area contributed by atoms with E-state index >= 15 is 0 Å². The monoisotopic (exact) mass is 274 g/mol. The van der Waals surface area contributed by atoms with Crippen LogP contribution in [-0.4, -0.2) is 44.7 Å². The van der Waals surface area contributed by atoms with Crippen molar-refractivity contribution in [2.75, 3.05) is 42.5 Å². The molecule has 2 saturated heterocycles. The van der Waals surface area contributed by atoms with Gasteiger partial charge in [0, 0.05) is 50.5 Å². The number of nitrogens with zero attached hydrogens (tertiary/aromatic N) is 2. The van der Waals surface area contributed by atoms with Gasteiger partial charge in [-0.2, -0.15) is 0 Å². The summed E-state index contributed by atoms with van der Waals surface area (Å²) in [5, 5.41) is 5.67. The minimum absolute atomic E-state index is 0.204. The zero-order chi connectivity index (χ0) is 13.9. The molecule has 0 aromatic heterocycles. The van der Waals surface area contributed by atoms with Crippen LogP contribution in [0.2, 0.25) is 0 Å². The summed E-state index contributed by atoms with van der Waals surface area (Å²) in [7, 11) is 0. The number of carbonyl (C=O) groups excluding carboxylic acids is 2. The maximum atomic E-state index is 11.9. The topological polar surface area (TPSA) is 64.7 Å². The Labute approximate surface area is 117 Å². The van der Waals surface area contributed by atoms with Gasteiger partial charge in [-0.1, -0.05) is 6.07 Å². The first-order chi connectivity index (χ1) is 9.74. The number of urea groups is 1. The number of carbonyl (C=O) groups is 2. The van der Waals surface area contributed by atoms with Crippen LogP contribution >= 0.6 is 0 Å². The molecule has 0 atom stereocenters. The van der Waals surface area contributed by atoms with Crippen LogP contribution in [0.4, 0.5) is 16.2 Å². The third kappa shape index (κ3) is 2.60. The number of nitrogens with one attached hydrogen (secondary N) is 2. The molecule has 2 heterocycles. The van der Waals surface area contributed by atoms with Gasteiger partial charge in [0.25, 0.3) is 0 Å². The van der Waals surface area contributed by atoms with Crippen molar-refractivity contribution in [1.29, 1.82) is 0 Å². The maximum Gasteiger partial charge on any atom is 0.328 e. The number of benzene rings is 1. The molecule has 2 fully saturated rings. The normalized spacial score (nSPS) is 20.0. The molecule has 0 unspecified atom stereocenters. The molecule has 0 aliphatic carbocycles. The van der Waals surface area contributed by atoms with E-state index in [0.717, 1.165) is 37.6 Å². The lowest BCUT2D eigenvalue weighted by Crippen LogP contribution is -2.49. The van der Waals surface area contributed by atoms with E-state index in [-0.39, 0.29) is 11.9 Å². The Morgan fingerprint density at radius 2 is 1.75 bits per heavy atom. The zero-order valence-electron chi connectivity index (χ0n) is 11.3. The van der Waals surface area contributed by atoms with E-state index in [1.807, 2.05) is 18.2 Å². The summed E-state index contributed by atoms with van der Waals surface area (Å²) in [5.41, 5.74) is 1.96. The van der Waals surface area contributed by atoms with Gasteiger partial charge in [-0.3, -0.25) is 15.0 Å². The highest BCUT2D eigenvalue weighted by molar-refractivity contribution is 6.05. The van der Waals surface area contributed by atoms with Gasteiger partial charge in [-0.25, -0.2) is 4.79 Å². The molecule has 106 valence electrons. The molecule has 2 aliphatic rings. The average molecular weight is 274 g/mol. The molecule has 2 N–H and O–H groups in total. The molecule has 3 amide bonds. The minimum Gasteiger partial charge on any atom is -0.369 e. The Balaban J connectivity index is 1.80. The summed E-state index contributed by atoms with van der Waals surface area (Å²) < 4.78 is 0. The van der Waals surface area contributed by atoms with Crippen molar-refractivity contribution in [3.05, 3.63) is 24.3 Å². The fourth-order valence-corrected chi connectivity index (χ4v) is 2.59. The van der Waals surface area contributed by atoms with E-state index in [1.54, 1.807) is 4.90 Å². The highest BCUT2D eigenvalue weighted by Crippen LogP contribution is 2.24. The summed E-state index contributed by atoms with van der Waals surface area (Å²) >= 11 is 0. The van der Waals surface area contributed by atoms with Crippen LogP contribution < -0.4 is 20.4 Å².